The lowest BCUT2D eigenvalue weighted by molar-refractivity contribution is 0.369. The smallest absolute Gasteiger partial charge is 0.226 e. The summed E-state index contributed by atoms with van der Waals surface area (Å²) in [6, 6.07) is 3.70. The first-order chi connectivity index (χ1) is 10.5. The lowest BCUT2D eigenvalue weighted by Gasteiger charge is -2.08. The first-order valence-electron chi connectivity index (χ1n) is 6.96. The van der Waals surface area contributed by atoms with Gasteiger partial charge in [-0.05, 0) is 18.6 Å². The molecule has 22 heavy (non-hydrogen) atoms. The quantitative estimate of drug-likeness (QED) is 0.828. The van der Waals surface area contributed by atoms with Gasteiger partial charge in [0.25, 0.3) is 0 Å². The van der Waals surface area contributed by atoms with Crippen molar-refractivity contribution >= 4 is 5.69 Å². The fourth-order valence-corrected chi connectivity index (χ4v) is 1.86. The Labute approximate surface area is 127 Å². The third kappa shape index (κ3) is 3.79. The summed E-state index contributed by atoms with van der Waals surface area (Å²) in [5, 5.41) is 15.2. The Bertz CT molecular complexity index is 668. The molecular weight excluding hydrogens is 290 g/mol. The average molecular weight is 306 g/mol. The second-order valence-electron chi connectivity index (χ2n) is 5.16. The molecule has 116 valence electrons. The monoisotopic (exact) mass is 306 g/mol. The van der Waals surface area contributed by atoms with Gasteiger partial charge in [0.2, 0.25) is 5.89 Å². The summed E-state index contributed by atoms with van der Waals surface area (Å²) in [4.78, 5) is 4.22. The summed E-state index contributed by atoms with van der Waals surface area (Å²) in [7, 11) is 0. The highest BCUT2D eigenvalue weighted by atomic mass is 19.1. The standard InChI is InChI=1S/C15H16F2N4O/c1-9(2)15-20-13(22-21-15)4-3-5-19-14-11(16)6-10(8-18)7-12(14)17/h6-7,9,19H,3-5H2,1-2H3. The number of aryl methyl sites for hydroxylation is 1. The molecule has 0 aliphatic rings. The number of hydrogen-bond acceptors (Lipinski definition) is 5. The Morgan fingerprint density at radius 1 is 1.32 bits per heavy atom. The zero-order chi connectivity index (χ0) is 16.1. The summed E-state index contributed by atoms with van der Waals surface area (Å²) < 4.78 is 32.4. The maximum absolute atomic E-state index is 13.6. The molecule has 1 N–H and O–H groups in total. The average Bonchev–Trinajstić information content (AvgIpc) is 2.94. The van der Waals surface area contributed by atoms with Crippen LogP contribution >= 0.6 is 0 Å². The van der Waals surface area contributed by atoms with E-state index in [0.717, 1.165) is 12.1 Å². The molecule has 0 unspecified atom stereocenters. The van der Waals surface area contributed by atoms with Crippen molar-refractivity contribution in [3.63, 3.8) is 0 Å². The van der Waals surface area contributed by atoms with E-state index in [1.165, 1.54) is 0 Å². The van der Waals surface area contributed by atoms with Crippen LogP contribution in [0.5, 0.6) is 0 Å². The Morgan fingerprint density at radius 3 is 2.55 bits per heavy atom. The second-order valence-corrected chi connectivity index (χ2v) is 5.16. The number of halogens is 2. The maximum Gasteiger partial charge on any atom is 0.226 e. The zero-order valence-electron chi connectivity index (χ0n) is 12.4. The van der Waals surface area contributed by atoms with Crippen LogP contribution in [0.15, 0.2) is 16.7 Å². The summed E-state index contributed by atoms with van der Waals surface area (Å²) in [6.45, 7) is 4.28. The van der Waals surface area contributed by atoms with Gasteiger partial charge in [0, 0.05) is 18.9 Å². The van der Waals surface area contributed by atoms with Crippen molar-refractivity contribution in [1.82, 2.24) is 10.1 Å². The van der Waals surface area contributed by atoms with E-state index >= 15 is 0 Å². The third-order valence-corrected chi connectivity index (χ3v) is 3.04. The molecule has 0 spiro atoms. The maximum atomic E-state index is 13.6. The number of aromatic nitrogens is 2. The minimum absolute atomic E-state index is 0.0485. The molecule has 0 aliphatic carbocycles. The van der Waals surface area contributed by atoms with E-state index < -0.39 is 11.6 Å². The van der Waals surface area contributed by atoms with E-state index in [0.29, 0.717) is 31.1 Å². The van der Waals surface area contributed by atoms with Gasteiger partial charge >= 0.3 is 0 Å². The molecule has 1 heterocycles. The van der Waals surface area contributed by atoms with Gasteiger partial charge in [-0.2, -0.15) is 10.2 Å². The number of nitrogens with one attached hydrogen (secondary N) is 1. The fraction of sp³-hybridized carbons (Fsp3) is 0.400. The second kappa shape index (κ2) is 6.98. The normalized spacial score (nSPS) is 10.7. The molecule has 0 bridgehead atoms. The highest BCUT2D eigenvalue weighted by Gasteiger charge is 2.12. The van der Waals surface area contributed by atoms with E-state index in [4.69, 9.17) is 9.78 Å². The molecule has 0 saturated carbocycles. The highest BCUT2D eigenvalue weighted by molar-refractivity contribution is 5.50. The molecule has 0 saturated heterocycles. The zero-order valence-corrected chi connectivity index (χ0v) is 12.4. The molecule has 0 atom stereocenters. The Hall–Kier alpha value is -2.49. The van der Waals surface area contributed by atoms with Crippen molar-refractivity contribution in [2.24, 2.45) is 0 Å². The topological polar surface area (TPSA) is 74.7 Å². The number of benzene rings is 1. The van der Waals surface area contributed by atoms with Crippen LogP contribution in [0.3, 0.4) is 0 Å². The van der Waals surface area contributed by atoms with Gasteiger partial charge in [0.05, 0.1) is 11.6 Å². The van der Waals surface area contributed by atoms with Crippen LogP contribution in [0.4, 0.5) is 14.5 Å². The SMILES string of the molecule is CC(C)c1noc(CCCNc2c(F)cc(C#N)cc2F)n1. The van der Waals surface area contributed by atoms with Gasteiger partial charge < -0.3 is 9.84 Å². The van der Waals surface area contributed by atoms with E-state index in [-0.39, 0.29) is 17.2 Å². The van der Waals surface area contributed by atoms with Crippen molar-refractivity contribution in [1.29, 1.82) is 5.26 Å². The molecule has 0 amide bonds. The summed E-state index contributed by atoms with van der Waals surface area (Å²) in [5.41, 5.74) is -0.278. The molecule has 2 aromatic rings. The lowest BCUT2D eigenvalue weighted by Crippen LogP contribution is -2.07. The Kier molecular flexibility index (Phi) is 5.04. The lowest BCUT2D eigenvalue weighted by atomic mass is 10.2. The third-order valence-electron chi connectivity index (χ3n) is 3.04. The summed E-state index contributed by atoms with van der Waals surface area (Å²) in [6.07, 6.45) is 1.10. The van der Waals surface area contributed by atoms with Gasteiger partial charge in [0.1, 0.15) is 5.69 Å². The fourth-order valence-electron chi connectivity index (χ4n) is 1.86. The minimum Gasteiger partial charge on any atom is -0.380 e. The number of hydrogen-bond donors (Lipinski definition) is 1. The van der Waals surface area contributed by atoms with Crippen molar-refractivity contribution in [3.05, 3.63) is 41.0 Å². The Balaban J connectivity index is 1.87. The van der Waals surface area contributed by atoms with Crippen molar-refractivity contribution in [2.45, 2.75) is 32.6 Å². The molecule has 0 aliphatic heterocycles. The van der Waals surface area contributed by atoms with Gasteiger partial charge in [-0.25, -0.2) is 8.78 Å². The molecular formula is C15H16F2N4O. The van der Waals surface area contributed by atoms with Crippen LogP contribution < -0.4 is 5.32 Å². The number of anilines is 1. The van der Waals surface area contributed by atoms with Crippen LogP contribution in [0.1, 0.15) is 43.5 Å². The first-order valence-corrected chi connectivity index (χ1v) is 6.96. The van der Waals surface area contributed by atoms with Crippen molar-refractivity contribution in [3.8, 4) is 6.07 Å². The van der Waals surface area contributed by atoms with E-state index in [9.17, 15) is 8.78 Å². The van der Waals surface area contributed by atoms with E-state index in [1.807, 2.05) is 13.8 Å². The Morgan fingerprint density at radius 2 is 2.00 bits per heavy atom. The molecule has 2 rings (SSSR count). The van der Waals surface area contributed by atoms with E-state index in [2.05, 4.69) is 15.5 Å². The van der Waals surface area contributed by atoms with Gasteiger partial charge in [0.15, 0.2) is 17.5 Å². The predicted octanol–water partition coefficient (Wildman–Crippen LogP) is 3.39. The van der Waals surface area contributed by atoms with Crippen molar-refractivity contribution in [2.75, 3.05) is 11.9 Å². The number of rotatable bonds is 6. The van der Waals surface area contributed by atoms with Crippen LogP contribution in [-0.2, 0) is 6.42 Å². The molecule has 1 aromatic heterocycles. The van der Waals surface area contributed by atoms with Crippen LogP contribution in [0.25, 0.3) is 0 Å². The number of nitrogens with zero attached hydrogens (tertiary/aromatic N) is 3. The molecule has 0 radical (unpaired) electrons. The molecule has 0 fully saturated rings. The van der Waals surface area contributed by atoms with E-state index in [1.54, 1.807) is 6.07 Å². The highest BCUT2D eigenvalue weighted by Crippen LogP contribution is 2.20. The van der Waals surface area contributed by atoms with Gasteiger partial charge in [-0.3, -0.25) is 0 Å². The van der Waals surface area contributed by atoms with Crippen LogP contribution in [0, 0.1) is 23.0 Å². The largest absolute Gasteiger partial charge is 0.380 e. The van der Waals surface area contributed by atoms with Crippen molar-refractivity contribution < 1.29 is 13.3 Å². The molecule has 7 heteroatoms. The van der Waals surface area contributed by atoms with Crippen LogP contribution in [-0.4, -0.2) is 16.7 Å². The predicted molar refractivity (Wildman–Crippen MR) is 76.3 cm³/mol. The first kappa shape index (κ1) is 15.9. The molecule has 1 aromatic carbocycles. The van der Waals surface area contributed by atoms with Gasteiger partial charge in [-0.15, -0.1) is 0 Å². The molecule has 5 nitrogen and oxygen atoms in total. The summed E-state index contributed by atoms with van der Waals surface area (Å²) in [5.74, 6) is -0.219. The number of nitriles is 1. The van der Waals surface area contributed by atoms with Gasteiger partial charge in [-0.1, -0.05) is 19.0 Å². The van der Waals surface area contributed by atoms with Crippen LogP contribution in [0.2, 0.25) is 0 Å². The summed E-state index contributed by atoms with van der Waals surface area (Å²) >= 11 is 0. The minimum atomic E-state index is -0.781.